The van der Waals surface area contributed by atoms with Crippen LogP contribution in [0, 0.1) is 12.7 Å². The molecule has 0 fully saturated rings. The molecular formula is C20H21FN4O4S. The fraction of sp³-hybridized carbons (Fsp3) is 0.250. The molecule has 0 aliphatic heterocycles. The third kappa shape index (κ3) is 4.89. The van der Waals surface area contributed by atoms with Crippen LogP contribution in [0.3, 0.4) is 0 Å². The molecule has 8 nitrogen and oxygen atoms in total. The minimum Gasteiger partial charge on any atom is -0.339 e. The largest absolute Gasteiger partial charge is 0.339 e. The van der Waals surface area contributed by atoms with Gasteiger partial charge in [-0.25, -0.2) is 17.1 Å². The summed E-state index contributed by atoms with van der Waals surface area (Å²) in [7, 11) is -0.723. The molecule has 0 aliphatic carbocycles. The summed E-state index contributed by atoms with van der Waals surface area (Å²) in [5.41, 5.74) is 1.75. The normalized spacial score (nSPS) is 11.6. The SMILES string of the molecule is Cc1ccc(S(=O)(=O)N(C)C)cc1NC(=O)CCc1nc(-c2ccc(F)cc2)no1. The number of amides is 1. The van der Waals surface area contributed by atoms with Gasteiger partial charge >= 0.3 is 0 Å². The first-order valence-corrected chi connectivity index (χ1v) is 10.5. The quantitative estimate of drug-likeness (QED) is 0.615. The fourth-order valence-corrected chi connectivity index (χ4v) is 3.54. The van der Waals surface area contributed by atoms with E-state index in [9.17, 15) is 17.6 Å². The van der Waals surface area contributed by atoms with Crippen LogP contribution in [0.5, 0.6) is 0 Å². The number of nitrogens with one attached hydrogen (secondary N) is 1. The smallest absolute Gasteiger partial charge is 0.242 e. The summed E-state index contributed by atoms with van der Waals surface area (Å²) in [6.45, 7) is 1.77. The average molecular weight is 432 g/mol. The van der Waals surface area contributed by atoms with Gasteiger partial charge in [-0.05, 0) is 48.9 Å². The van der Waals surface area contributed by atoms with Gasteiger partial charge in [0, 0.05) is 38.2 Å². The van der Waals surface area contributed by atoms with Crippen molar-refractivity contribution >= 4 is 21.6 Å². The number of hydrogen-bond acceptors (Lipinski definition) is 6. The van der Waals surface area contributed by atoms with Crippen molar-refractivity contribution in [2.45, 2.75) is 24.7 Å². The van der Waals surface area contributed by atoms with Gasteiger partial charge in [0.25, 0.3) is 0 Å². The van der Waals surface area contributed by atoms with E-state index in [1.165, 1.54) is 50.5 Å². The van der Waals surface area contributed by atoms with Crippen LogP contribution in [-0.2, 0) is 21.2 Å². The van der Waals surface area contributed by atoms with Gasteiger partial charge in [0.1, 0.15) is 5.82 Å². The zero-order valence-corrected chi connectivity index (χ0v) is 17.5. The van der Waals surface area contributed by atoms with Crippen molar-refractivity contribution in [2.24, 2.45) is 0 Å². The van der Waals surface area contributed by atoms with E-state index in [0.717, 1.165) is 9.87 Å². The molecule has 0 saturated carbocycles. The second-order valence-electron chi connectivity index (χ2n) is 6.83. The number of aromatic nitrogens is 2. The van der Waals surface area contributed by atoms with Gasteiger partial charge in [-0.2, -0.15) is 4.98 Å². The summed E-state index contributed by atoms with van der Waals surface area (Å²) >= 11 is 0. The summed E-state index contributed by atoms with van der Waals surface area (Å²) in [4.78, 5) is 16.6. The van der Waals surface area contributed by atoms with E-state index in [0.29, 0.717) is 17.1 Å². The van der Waals surface area contributed by atoms with Crippen LogP contribution in [-0.4, -0.2) is 42.9 Å². The summed E-state index contributed by atoms with van der Waals surface area (Å²) in [6, 6.07) is 10.2. The summed E-state index contributed by atoms with van der Waals surface area (Å²) in [5, 5.41) is 6.56. The maximum atomic E-state index is 13.0. The number of rotatable bonds is 7. The van der Waals surface area contributed by atoms with E-state index in [1.54, 1.807) is 13.0 Å². The molecule has 158 valence electrons. The van der Waals surface area contributed by atoms with Gasteiger partial charge in [0.05, 0.1) is 4.90 Å². The first-order chi connectivity index (χ1) is 14.2. The third-order valence-electron chi connectivity index (χ3n) is 4.40. The van der Waals surface area contributed by atoms with Gasteiger partial charge < -0.3 is 9.84 Å². The van der Waals surface area contributed by atoms with E-state index >= 15 is 0 Å². The molecule has 1 amide bonds. The molecule has 0 saturated heterocycles. The van der Waals surface area contributed by atoms with Crippen molar-refractivity contribution in [3.05, 3.63) is 59.7 Å². The Morgan fingerprint density at radius 2 is 1.87 bits per heavy atom. The number of sulfonamides is 1. The molecule has 3 rings (SSSR count). The Hall–Kier alpha value is -3.11. The topological polar surface area (TPSA) is 105 Å². The third-order valence-corrected chi connectivity index (χ3v) is 6.21. The molecule has 0 spiro atoms. The van der Waals surface area contributed by atoms with Crippen LogP contribution in [0.1, 0.15) is 17.9 Å². The minimum atomic E-state index is -3.61. The van der Waals surface area contributed by atoms with E-state index in [2.05, 4.69) is 15.5 Å². The van der Waals surface area contributed by atoms with Crippen molar-refractivity contribution in [3.8, 4) is 11.4 Å². The molecular weight excluding hydrogens is 411 g/mol. The number of halogens is 1. The predicted octanol–water partition coefficient (Wildman–Crippen LogP) is 3.01. The first kappa shape index (κ1) is 21.6. The Morgan fingerprint density at radius 1 is 1.17 bits per heavy atom. The Labute approximate surface area is 173 Å². The summed E-state index contributed by atoms with van der Waals surface area (Å²) < 4.78 is 43.9. The van der Waals surface area contributed by atoms with Crippen molar-refractivity contribution in [3.63, 3.8) is 0 Å². The van der Waals surface area contributed by atoms with Crippen LogP contribution >= 0.6 is 0 Å². The molecule has 0 unspecified atom stereocenters. The predicted molar refractivity (Wildman–Crippen MR) is 109 cm³/mol. The van der Waals surface area contributed by atoms with Gasteiger partial charge in [-0.3, -0.25) is 4.79 Å². The maximum Gasteiger partial charge on any atom is 0.242 e. The number of nitrogens with zero attached hydrogens (tertiary/aromatic N) is 3. The molecule has 10 heteroatoms. The molecule has 30 heavy (non-hydrogen) atoms. The fourth-order valence-electron chi connectivity index (χ4n) is 2.61. The van der Waals surface area contributed by atoms with E-state index < -0.39 is 10.0 Å². The second-order valence-corrected chi connectivity index (χ2v) is 8.98. The number of aryl methyl sites for hydroxylation is 2. The van der Waals surface area contributed by atoms with Gasteiger partial charge in [-0.15, -0.1) is 0 Å². The van der Waals surface area contributed by atoms with Crippen LogP contribution < -0.4 is 5.32 Å². The highest BCUT2D eigenvalue weighted by Crippen LogP contribution is 2.22. The molecule has 3 aromatic rings. The zero-order valence-electron chi connectivity index (χ0n) is 16.7. The highest BCUT2D eigenvalue weighted by molar-refractivity contribution is 7.89. The van der Waals surface area contributed by atoms with E-state index in [1.807, 2.05) is 0 Å². The Morgan fingerprint density at radius 3 is 2.53 bits per heavy atom. The number of carbonyl (C=O) groups is 1. The number of hydrogen-bond donors (Lipinski definition) is 1. The van der Waals surface area contributed by atoms with Crippen LogP contribution in [0.2, 0.25) is 0 Å². The molecule has 1 aromatic heterocycles. The van der Waals surface area contributed by atoms with Crippen LogP contribution in [0.4, 0.5) is 10.1 Å². The maximum absolute atomic E-state index is 13.0. The van der Waals surface area contributed by atoms with Crippen molar-refractivity contribution in [2.75, 3.05) is 19.4 Å². The first-order valence-electron chi connectivity index (χ1n) is 9.08. The highest BCUT2D eigenvalue weighted by Gasteiger charge is 2.19. The second kappa shape index (κ2) is 8.72. The van der Waals surface area contributed by atoms with Crippen molar-refractivity contribution < 1.29 is 22.1 Å². The Kier molecular flexibility index (Phi) is 6.28. The number of carbonyl (C=O) groups excluding carboxylic acids is 1. The van der Waals surface area contributed by atoms with Crippen LogP contribution in [0.25, 0.3) is 11.4 Å². The standard InChI is InChI=1S/C20H21FN4O4S/c1-13-4-9-16(30(27,28)25(2)3)12-17(13)22-18(26)10-11-19-23-20(24-29-19)14-5-7-15(21)8-6-14/h4-9,12H,10-11H2,1-3H3,(H,22,26). The van der Waals surface area contributed by atoms with Gasteiger partial charge in [0.15, 0.2) is 0 Å². The van der Waals surface area contributed by atoms with Crippen molar-refractivity contribution in [1.82, 2.24) is 14.4 Å². The van der Waals surface area contributed by atoms with E-state index in [-0.39, 0.29) is 35.4 Å². The molecule has 2 aromatic carbocycles. The number of anilines is 1. The van der Waals surface area contributed by atoms with Gasteiger partial charge in [0.2, 0.25) is 27.6 Å². The lowest BCUT2D eigenvalue weighted by Gasteiger charge is -2.14. The van der Waals surface area contributed by atoms with Gasteiger partial charge in [-0.1, -0.05) is 11.2 Å². The Balaban J connectivity index is 1.65. The van der Waals surface area contributed by atoms with Crippen molar-refractivity contribution in [1.29, 1.82) is 0 Å². The Bertz CT molecular complexity index is 1160. The number of benzene rings is 2. The minimum absolute atomic E-state index is 0.0646. The lowest BCUT2D eigenvalue weighted by Crippen LogP contribution is -2.22. The monoisotopic (exact) mass is 432 g/mol. The summed E-state index contributed by atoms with van der Waals surface area (Å²) in [6.07, 6.45) is 0.268. The molecule has 1 heterocycles. The molecule has 0 radical (unpaired) electrons. The lowest BCUT2D eigenvalue weighted by molar-refractivity contribution is -0.116. The lowest BCUT2D eigenvalue weighted by atomic mass is 10.2. The highest BCUT2D eigenvalue weighted by atomic mass is 32.2. The van der Waals surface area contributed by atoms with Crippen LogP contribution in [0.15, 0.2) is 51.9 Å². The molecule has 1 N–H and O–H groups in total. The molecule has 0 bridgehead atoms. The zero-order chi connectivity index (χ0) is 21.9. The molecule has 0 atom stereocenters. The average Bonchev–Trinajstić information content (AvgIpc) is 3.17. The molecule has 0 aliphatic rings. The van der Waals surface area contributed by atoms with E-state index in [4.69, 9.17) is 4.52 Å². The summed E-state index contributed by atoms with van der Waals surface area (Å²) in [5.74, 6) is -0.108.